The number of ether oxygens (including phenoxy) is 1. The fourth-order valence-electron chi connectivity index (χ4n) is 3.46. The lowest BCUT2D eigenvalue weighted by molar-refractivity contribution is -0.145. The van der Waals surface area contributed by atoms with Crippen molar-refractivity contribution in [2.24, 2.45) is 0 Å². The molecule has 0 bridgehead atoms. The van der Waals surface area contributed by atoms with E-state index in [0.717, 1.165) is 4.68 Å². The van der Waals surface area contributed by atoms with E-state index in [1.807, 2.05) is 6.07 Å². The number of hydrogen-bond acceptors (Lipinski definition) is 8. The van der Waals surface area contributed by atoms with Gasteiger partial charge >= 0.3 is 6.18 Å². The van der Waals surface area contributed by atoms with Crippen LogP contribution in [0.2, 0.25) is 5.02 Å². The van der Waals surface area contributed by atoms with Crippen LogP contribution in [0.3, 0.4) is 0 Å². The smallest absolute Gasteiger partial charge is 0.455 e. The van der Waals surface area contributed by atoms with Crippen molar-refractivity contribution in [3.8, 4) is 11.9 Å². The van der Waals surface area contributed by atoms with Crippen molar-refractivity contribution in [2.75, 3.05) is 12.4 Å². The highest BCUT2D eigenvalue weighted by molar-refractivity contribution is 6.32. The molecule has 1 aromatic carbocycles. The summed E-state index contributed by atoms with van der Waals surface area (Å²) in [5.41, 5.74) is 1.68. The minimum atomic E-state index is -4.77. The van der Waals surface area contributed by atoms with Gasteiger partial charge in [0.1, 0.15) is 18.0 Å². The highest BCUT2D eigenvalue weighted by Crippen LogP contribution is 2.30. The molecule has 15 heteroatoms. The van der Waals surface area contributed by atoms with E-state index >= 15 is 0 Å². The van der Waals surface area contributed by atoms with Crippen LogP contribution in [0.5, 0.6) is 0 Å². The van der Waals surface area contributed by atoms with Crippen LogP contribution in [0.15, 0.2) is 43.1 Å². The monoisotopic (exact) mass is 543 g/mol. The summed E-state index contributed by atoms with van der Waals surface area (Å²) in [4.78, 5) is 18.4. The van der Waals surface area contributed by atoms with Crippen LogP contribution in [0.1, 0.15) is 38.7 Å². The number of carbonyl (C=O) groups is 1. The molecule has 0 saturated carbocycles. The molecule has 4 aromatic rings. The second-order valence-electron chi connectivity index (χ2n) is 7.79. The minimum absolute atomic E-state index is 0.0468. The standard InChI is InChI=1S/C23H17ClF3N9O2/c1-12-7-14(10-28)8-16(13(2)38-3)19(12)30-21(37)18-9-15(11-35-33-22(31-34-35)23(25,26)27)32-36(18)20-17(24)5-4-6-29-20/h4-9H,2,11H2,1,3H3,(H,30,37). The van der Waals surface area contributed by atoms with Crippen molar-refractivity contribution < 1.29 is 22.7 Å². The molecule has 0 radical (unpaired) electrons. The lowest BCUT2D eigenvalue weighted by Gasteiger charge is -2.16. The number of halogens is 4. The number of methoxy groups -OCH3 is 1. The minimum Gasteiger partial charge on any atom is -0.497 e. The van der Waals surface area contributed by atoms with Crippen LogP contribution in [0, 0.1) is 18.3 Å². The number of amides is 1. The summed E-state index contributed by atoms with van der Waals surface area (Å²) < 4.78 is 45.0. The number of anilines is 1. The maximum absolute atomic E-state index is 13.5. The van der Waals surface area contributed by atoms with Crippen molar-refractivity contribution in [2.45, 2.75) is 19.6 Å². The van der Waals surface area contributed by atoms with Gasteiger partial charge in [0.25, 0.3) is 11.7 Å². The SMILES string of the molecule is C=C(OC)c1cc(C#N)cc(C)c1NC(=O)c1cc(Cn2nnc(C(F)(F)F)n2)nn1-c1ncccc1Cl. The van der Waals surface area contributed by atoms with E-state index < -0.39 is 17.9 Å². The first-order valence-corrected chi connectivity index (χ1v) is 11.0. The summed E-state index contributed by atoms with van der Waals surface area (Å²) in [5, 5.41) is 26.3. The van der Waals surface area contributed by atoms with Crippen LogP contribution < -0.4 is 5.32 Å². The number of nitrogens with one attached hydrogen (secondary N) is 1. The zero-order chi connectivity index (χ0) is 27.6. The summed E-state index contributed by atoms with van der Waals surface area (Å²) in [6.45, 7) is 5.18. The molecule has 11 nitrogen and oxygen atoms in total. The maximum Gasteiger partial charge on any atom is 0.455 e. The highest BCUT2D eigenvalue weighted by atomic mass is 35.5. The number of aromatic nitrogens is 7. The number of nitriles is 1. The molecule has 0 spiro atoms. The average molecular weight is 544 g/mol. The van der Waals surface area contributed by atoms with Gasteiger partial charge < -0.3 is 10.1 Å². The Balaban J connectivity index is 1.76. The number of nitrogens with zero attached hydrogens (tertiary/aromatic N) is 8. The van der Waals surface area contributed by atoms with Crippen LogP contribution in [-0.2, 0) is 17.5 Å². The third-order valence-electron chi connectivity index (χ3n) is 5.19. The summed E-state index contributed by atoms with van der Waals surface area (Å²) in [5.74, 6) is -1.76. The lowest BCUT2D eigenvalue weighted by atomic mass is 10.0. The number of alkyl halides is 3. The summed E-state index contributed by atoms with van der Waals surface area (Å²) in [6.07, 6.45) is -3.34. The van der Waals surface area contributed by atoms with E-state index in [1.54, 1.807) is 19.1 Å². The summed E-state index contributed by atoms with van der Waals surface area (Å²) in [6, 6.07) is 9.58. The van der Waals surface area contributed by atoms with E-state index in [0.29, 0.717) is 27.2 Å². The molecular formula is C23H17ClF3N9O2. The number of benzene rings is 1. The number of carbonyl (C=O) groups excluding carboxylic acids is 1. The second-order valence-corrected chi connectivity index (χ2v) is 8.20. The lowest BCUT2D eigenvalue weighted by Crippen LogP contribution is -2.19. The number of aryl methyl sites for hydroxylation is 1. The van der Waals surface area contributed by atoms with Gasteiger partial charge in [0.2, 0.25) is 0 Å². The first-order chi connectivity index (χ1) is 18.0. The Morgan fingerprint density at radius 2 is 2.05 bits per heavy atom. The van der Waals surface area contributed by atoms with Gasteiger partial charge in [0.15, 0.2) is 5.82 Å². The zero-order valence-corrected chi connectivity index (χ0v) is 20.5. The predicted octanol–water partition coefficient (Wildman–Crippen LogP) is 4.02. The molecule has 0 unspecified atom stereocenters. The number of tetrazole rings is 1. The van der Waals surface area contributed by atoms with Gasteiger partial charge in [-0.05, 0) is 48.0 Å². The van der Waals surface area contributed by atoms with Gasteiger partial charge in [-0.1, -0.05) is 18.2 Å². The molecular weight excluding hydrogens is 527 g/mol. The van der Waals surface area contributed by atoms with E-state index in [2.05, 4.69) is 37.4 Å². The normalized spacial score (nSPS) is 11.2. The molecule has 1 N–H and O–H groups in total. The van der Waals surface area contributed by atoms with Gasteiger partial charge in [0, 0.05) is 11.8 Å². The molecule has 38 heavy (non-hydrogen) atoms. The summed E-state index contributed by atoms with van der Waals surface area (Å²) in [7, 11) is 1.40. The molecule has 3 heterocycles. The Hall–Kier alpha value is -4.77. The molecule has 1 amide bonds. The van der Waals surface area contributed by atoms with Crippen LogP contribution >= 0.6 is 11.6 Å². The van der Waals surface area contributed by atoms with Gasteiger partial charge in [-0.3, -0.25) is 4.79 Å². The Morgan fingerprint density at radius 1 is 1.29 bits per heavy atom. The molecule has 0 atom stereocenters. The third-order valence-corrected chi connectivity index (χ3v) is 5.49. The fourth-order valence-corrected chi connectivity index (χ4v) is 3.66. The Kier molecular flexibility index (Phi) is 7.13. The van der Waals surface area contributed by atoms with Crippen LogP contribution in [0.4, 0.5) is 18.9 Å². The first kappa shape index (κ1) is 26.3. The Bertz CT molecular complexity index is 1590. The third kappa shape index (κ3) is 5.32. The van der Waals surface area contributed by atoms with Gasteiger partial charge in [0.05, 0.1) is 35.1 Å². The Labute approximate surface area is 218 Å². The van der Waals surface area contributed by atoms with Crippen LogP contribution in [-0.4, -0.2) is 48.0 Å². The molecule has 0 aliphatic carbocycles. The molecule has 0 aliphatic heterocycles. The largest absolute Gasteiger partial charge is 0.497 e. The van der Waals surface area contributed by atoms with Gasteiger partial charge in [-0.2, -0.15) is 28.3 Å². The zero-order valence-electron chi connectivity index (χ0n) is 19.8. The fraction of sp³-hybridized carbons (Fsp3) is 0.174. The molecule has 0 saturated heterocycles. The molecule has 3 aromatic heterocycles. The topological polar surface area (TPSA) is 136 Å². The van der Waals surface area contributed by atoms with E-state index in [4.69, 9.17) is 16.3 Å². The van der Waals surface area contributed by atoms with Crippen molar-refractivity contribution >= 4 is 29.0 Å². The highest BCUT2D eigenvalue weighted by Gasteiger charge is 2.37. The molecule has 0 aliphatic rings. The van der Waals surface area contributed by atoms with E-state index in [1.165, 1.54) is 31.5 Å². The number of rotatable bonds is 7. The number of pyridine rings is 1. The molecule has 4 rings (SSSR count). The van der Waals surface area contributed by atoms with Crippen molar-refractivity contribution in [1.29, 1.82) is 5.26 Å². The van der Waals surface area contributed by atoms with E-state index in [9.17, 15) is 23.2 Å². The van der Waals surface area contributed by atoms with Crippen molar-refractivity contribution in [3.05, 3.63) is 82.0 Å². The Morgan fingerprint density at radius 3 is 2.68 bits per heavy atom. The average Bonchev–Trinajstić information content (AvgIpc) is 3.52. The first-order valence-electron chi connectivity index (χ1n) is 10.7. The van der Waals surface area contributed by atoms with Gasteiger partial charge in [-0.15, -0.1) is 10.2 Å². The van der Waals surface area contributed by atoms with Crippen molar-refractivity contribution in [1.82, 2.24) is 35.0 Å². The quantitative estimate of drug-likeness (QED) is 0.345. The van der Waals surface area contributed by atoms with Gasteiger partial charge in [-0.25, -0.2) is 9.67 Å². The molecule has 194 valence electrons. The molecule has 0 fully saturated rings. The summed E-state index contributed by atoms with van der Waals surface area (Å²) >= 11 is 6.28. The predicted molar refractivity (Wildman–Crippen MR) is 128 cm³/mol. The van der Waals surface area contributed by atoms with Crippen LogP contribution in [0.25, 0.3) is 11.6 Å². The maximum atomic E-state index is 13.5. The van der Waals surface area contributed by atoms with E-state index in [-0.39, 0.29) is 34.5 Å². The van der Waals surface area contributed by atoms with Crippen molar-refractivity contribution in [3.63, 3.8) is 0 Å². The second kappa shape index (κ2) is 10.3. The number of hydrogen-bond donors (Lipinski definition) is 1.